The molecule has 0 spiro atoms. The van der Waals surface area contributed by atoms with Gasteiger partial charge in [0.25, 0.3) is 0 Å². The molecule has 1 aliphatic rings. The van der Waals surface area contributed by atoms with Crippen molar-refractivity contribution in [3.8, 4) is 0 Å². The molecular weight excluding hydrogens is 304 g/mol. The highest BCUT2D eigenvalue weighted by molar-refractivity contribution is 8.06. The zero-order valence-corrected chi connectivity index (χ0v) is 13.4. The molecule has 0 radical (unpaired) electrons. The molecule has 0 amide bonds. The Balaban J connectivity index is 2.13. The van der Waals surface area contributed by atoms with Gasteiger partial charge in [0.05, 0.1) is 6.10 Å². The highest BCUT2D eigenvalue weighted by Crippen LogP contribution is 2.19. The molecule has 0 aromatic heterocycles. The van der Waals surface area contributed by atoms with Crippen molar-refractivity contribution in [3.63, 3.8) is 0 Å². The van der Waals surface area contributed by atoms with Crippen molar-refractivity contribution in [1.29, 1.82) is 0 Å². The number of sulfonamides is 1. The van der Waals surface area contributed by atoms with Gasteiger partial charge in [-0.3, -0.25) is 0 Å². The molecule has 0 bridgehead atoms. The van der Waals surface area contributed by atoms with Gasteiger partial charge < -0.3 is 10.5 Å². The summed E-state index contributed by atoms with van der Waals surface area (Å²) in [6.07, 6.45) is 5.44. The van der Waals surface area contributed by atoms with Crippen LogP contribution in [0.2, 0.25) is 0 Å². The monoisotopic (exact) mass is 328 g/mol. The first-order chi connectivity index (χ1) is 9.18. The number of hydrogen-bond donors (Lipinski definition) is 2. The van der Waals surface area contributed by atoms with Gasteiger partial charge in [-0.15, -0.1) is 0 Å². The first-order valence-corrected chi connectivity index (χ1v) is 10.4. The molecule has 1 saturated carbocycles. The second-order valence-electron chi connectivity index (χ2n) is 5.31. The molecule has 0 atom stereocenters. The SMILES string of the molecule is CS(=O)(=O)CS(=O)(=O)NCCCOC1CCC(N)CC1. The Morgan fingerprint density at radius 3 is 2.30 bits per heavy atom. The fraction of sp³-hybridized carbons (Fsp3) is 1.00. The molecule has 3 N–H and O–H groups in total. The second kappa shape index (κ2) is 7.69. The van der Waals surface area contributed by atoms with E-state index in [0.29, 0.717) is 13.0 Å². The van der Waals surface area contributed by atoms with E-state index in [1.165, 1.54) is 0 Å². The van der Waals surface area contributed by atoms with E-state index in [0.717, 1.165) is 31.9 Å². The Labute approximate surface area is 121 Å². The average Bonchev–Trinajstić information content (AvgIpc) is 2.28. The van der Waals surface area contributed by atoms with Crippen LogP contribution in [0, 0.1) is 0 Å². The summed E-state index contributed by atoms with van der Waals surface area (Å²) in [5.41, 5.74) is 5.79. The molecule has 9 heteroatoms. The zero-order chi connectivity index (χ0) is 15.2. The van der Waals surface area contributed by atoms with Crippen LogP contribution in [-0.4, -0.2) is 53.5 Å². The number of ether oxygens (including phenoxy) is 1. The number of sulfone groups is 1. The molecule has 0 saturated heterocycles. The minimum atomic E-state index is -3.76. The smallest absolute Gasteiger partial charge is 0.226 e. The van der Waals surface area contributed by atoms with Gasteiger partial charge in [0.15, 0.2) is 14.9 Å². The van der Waals surface area contributed by atoms with Crippen molar-refractivity contribution in [3.05, 3.63) is 0 Å². The predicted octanol–water partition coefficient (Wildman–Crippen LogP) is -0.415. The van der Waals surface area contributed by atoms with Crippen LogP contribution in [0.4, 0.5) is 0 Å². The van der Waals surface area contributed by atoms with E-state index < -0.39 is 24.9 Å². The molecule has 0 aliphatic heterocycles. The van der Waals surface area contributed by atoms with Gasteiger partial charge in [0.1, 0.15) is 0 Å². The van der Waals surface area contributed by atoms with Crippen molar-refractivity contribution in [2.24, 2.45) is 5.73 Å². The summed E-state index contributed by atoms with van der Waals surface area (Å²) in [7, 11) is -7.30. The van der Waals surface area contributed by atoms with Crippen molar-refractivity contribution in [2.75, 3.05) is 24.5 Å². The van der Waals surface area contributed by atoms with E-state index in [4.69, 9.17) is 10.5 Å². The topological polar surface area (TPSA) is 116 Å². The van der Waals surface area contributed by atoms with Crippen molar-refractivity contribution >= 4 is 19.9 Å². The summed E-state index contributed by atoms with van der Waals surface area (Å²) >= 11 is 0. The highest BCUT2D eigenvalue weighted by atomic mass is 32.3. The first kappa shape index (κ1) is 17.8. The van der Waals surface area contributed by atoms with Gasteiger partial charge >= 0.3 is 0 Å². The molecule has 1 fully saturated rings. The van der Waals surface area contributed by atoms with Crippen LogP contribution in [0.1, 0.15) is 32.1 Å². The Hall–Kier alpha value is -0.220. The highest BCUT2D eigenvalue weighted by Gasteiger charge is 2.19. The molecule has 0 aromatic rings. The van der Waals surface area contributed by atoms with Crippen LogP contribution >= 0.6 is 0 Å². The standard InChI is InChI=1S/C11H24N2O5S2/c1-19(14,15)9-20(16,17)13-7-2-8-18-11-5-3-10(12)4-6-11/h10-11,13H,2-9,12H2,1H3. The summed E-state index contributed by atoms with van der Waals surface area (Å²) in [6, 6.07) is 0.276. The molecule has 7 nitrogen and oxygen atoms in total. The maximum atomic E-state index is 11.4. The maximum absolute atomic E-state index is 11.4. The Morgan fingerprint density at radius 2 is 1.75 bits per heavy atom. The van der Waals surface area contributed by atoms with Gasteiger partial charge in [0.2, 0.25) is 10.0 Å². The predicted molar refractivity (Wildman–Crippen MR) is 77.4 cm³/mol. The van der Waals surface area contributed by atoms with Crippen molar-refractivity contribution in [1.82, 2.24) is 4.72 Å². The van der Waals surface area contributed by atoms with Crippen LogP contribution in [0.5, 0.6) is 0 Å². The molecule has 0 heterocycles. The minimum Gasteiger partial charge on any atom is -0.378 e. The van der Waals surface area contributed by atoms with Gasteiger partial charge in [-0.1, -0.05) is 0 Å². The number of nitrogens with one attached hydrogen (secondary N) is 1. The quantitative estimate of drug-likeness (QED) is 0.585. The Bertz CT molecular complexity index is 481. The zero-order valence-electron chi connectivity index (χ0n) is 11.7. The summed E-state index contributed by atoms with van der Waals surface area (Å²) in [5.74, 6) is 0. The third-order valence-electron chi connectivity index (χ3n) is 3.08. The molecule has 1 aliphatic carbocycles. The third-order valence-corrected chi connectivity index (χ3v) is 6.68. The summed E-state index contributed by atoms with van der Waals surface area (Å²) in [6.45, 7) is 0.644. The van der Waals surface area contributed by atoms with Crippen LogP contribution in [-0.2, 0) is 24.6 Å². The van der Waals surface area contributed by atoms with Crippen molar-refractivity contribution in [2.45, 2.75) is 44.2 Å². The van der Waals surface area contributed by atoms with Gasteiger partial charge in [-0.25, -0.2) is 21.6 Å². The van der Waals surface area contributed by atoms with Crippen LogP contribution < -0.4 is 10.5 Å². The number of nitrogens with two attached hydrogens (primary N) is 1. The van der Waals surface area contributed by atoms with Gasteiger partial charge in [0, 0.05) is 25.4 Å². The summed E-state index contributed by atoms with van der Waals surface area (Å²) < 4.78 is 52.5. The van der Waals surface area contributed by atoms with E-state index in [1.54, 1.807) is 0 Å². The summed E-state index contributed by atoms with van der Waals surface area (Å²) in [5, 5.41) is -0.874. The van der Waals surface area contributed by atoms with Crippen LogP contribution in [0.25, 0.3) is 0 Å². The van der Waals surface area contributed by atoms with E-state index in [2.05, 4.69) is 4.72 Å². The lowest BCUT2D eigenvalue weighted by Crippen LogP contribution is -2.32. The fourth-order valence-electron chi connectivity index (χ4n) is 2.13. The molecule has 1 rings (SSSR count). The van der Waals surface area contributed by atoms with E-state index in [9.17, 15) is 16.8 Å². The molecule has 0 unspecified atom stereocenters. The molecule has 120 valence electrons. The third kappa shape index (κ3) is 8.15. The lowest BCUT2D eigenvalue weighted by Gasteiger charge is -2.26. The van der Waals surface area contributed by atoms with Crippen LogP contribution in [0.15, 0.2) is 0 Å². The largest absolute Gasteiger partial charge is 0.378 e. The molecule has 20 heavy (non-hydrogen) atoms. The van der Waals surface area contributed by atoms with E-state index in [1.807, 2.05) is 0 Å². The maximum Gasteiger partial charge on any atom is 0.226 e. The minimum absolute atomic E-state index is 0.185. The fourth-order valence-corrected chi connectivity index (χ4v) is 5.17. The van der Waals surface area contributed by atoms with E-state index in [-0.39, 0.29) is 18.7 Å². The second-order valence-corrected chi connectivity index (χ2v) is 9.63. The number of rotatable bonds is 8. The van der Waals surface area contributed by atoms with Crippen LogP contribution in [0.3, 0.4) is 0 Å². The first-order valence-electron chi connectivity index (χ1n) is 6.70. The summed E-state index contributed by atoms with van der Waals surface area (Å²) in [4.78, 5) is 0. The molecular formula is C11H24N2O5S2. The van der Waals surface area contributed by atoms with Gasteiger partial charge in [-0.2, -0.15) is 0 Å². The Kier molecular flexibility index (Phi) is 6.86. The van der Waals surface area contributed by atoms with Crippen molar-refractivity contribution < 1.29 is 21.6 Å². The normalized spacial score (nSPS) is 24.7. The average molecular weight is 328 g/mol. The molecule has 0 aromatic carbocycles. The van der Waals surface area contributed by atoms with Gasteiger partial charge in [-0.05, 0) is 32.1 Å². The lowest BCUT2D eigenvalue weighted by molar-refractivity contribution is 0.0245. The number of hydrogen-bond acceptors (Lipinski definition) is 6. The Morgan fingerprint density at radius 1 is 1.15 bits per heavy atom. The van der Waals surface area contributed by atoms with E-state index >= 15 is 0 Å². The lowest BCUT2D eigenvalue weighted by atomic mass is 9.94.